The lowest BCUT2D eigenvalue weighted by molar-refractivity contribution is 0.204. The summed E-state index contributed by atoms with van der Waals surface area (Å²) < 4.78 is 3.66. The molecule has 102 valence electrons. The number of hydrogen-bond donors (Lipinski definition) is 1. The molecule has 1 heterocycles. The van der Waals surface area contributed by atoms with Crippen molar-refractivity contribution in [2.24, 2.45) is 0 Å². The van der Waals surface area contributed by atoms with E-state index in [1.807, 2.05) is 43.7 Å². The van der Waals surface area contributed by atoms with Crippen molar-refractivity contribution in [3.05, 3.63) is 50.2 Å². The summed E-state index contributed by atoms with van der Waals surface area (Å²) in [7, 11) is 0. The van der Waals surface area contributed by atoms with E-state index in [0.717, 1.165) is 25.8 Å². The molecule has 0 saturated heterocycles. The summed E-state index contributed by atoms with van der Waals surface area (Å²) >= 11 is 6.96. The van der Waals surface area contributed by atoms with Crippen LogP contribution in [0.25, 0.3) is 0 Å². The molecule has 1 atom stereocenters. The van der Waals surface area contributed by atoms with Crippen LogP contribution >= 0.6 is 31.9 Å². The van der Waals surface area contributed by atoms with Crippen LogP contribution in [0.1, 0.15) is 42.8 Å². The van der Waals surface area contributed by atoms with E-state index in [1.165, 1.54) is 0 Å². The fourth-order valence-corrected chi connectivity index (χ4v) is 2.84. The second-order valence-electron chi connectivity index (χ2n) is 4.83. The van der Waals surface area contributed by atoms with Gasteiger partial charge in [0.15, 0.2) is 0 Å². The standard InChI is InChI=1S/C14H16Br2N2O/c1-8(2)18-13(12(16)7-17-18)14(19)10-5-4-9(3)11(15)6-10/h4-8,14,19H,1-3H3. The van der Waals surface area contributed by atoms with E-state index in [-0.39, 0.29) is 6.04 Å². The third-order valence-corrected chi connectivity index (χ3v) is 4.51. The molecule has 0 amide bonds. The Morgan fingerprint density at radius 3 is 2.47 bits per heavy atom. The van der Waals surface area contributed by atoms with E-state index in [1.54, 1.807) is 6.20 Å². The van der Waals surface area contributed by atoms with Crippen LogP contribution in [0.5, 0.6) is 0 Å². The first-order chi connectivity index (χ1) is 8.91. The SMILES string of the molecule is Cc1ccc(C(O)c2c(Br)cnn2C(C)C)cc1Br. The molecular formula is C14H16Br2N2O. The van der Waals surface area contributed by atoms with E-state index in [2.05, 4.69) is 37.0 Å². The third-order valence-electron chi connectivity index (χ3n) is 3.05. The van der Waals surface area contributed by atoms with Gasteiger partial charge in [0, 0.05) is 10.5 Å². The van der Waals surface area contributed by atoms with Gasteiger partial charge in [-0.05, 0) is 53.9 Å². The summed E-state index contributed by atoms with van der Waals surface area (Å²) in [5.41, 5.74) is 2.78. The Balaban J connectivity index is 2.46. The van der Waals surface area contributed by atoms with Gasteiger partial charge >= 0.3 is 0 Å². The predicted octanol–water partition coefficient (Wildman–Crippen LogP) is 4.38. The Kier molecular flexibility index (Phi) is 4.48. The number of aromatic nitrogens is 2. The number of aliphatic hydroxyl groups excluding tert-OH is 1. The molecule has 5 heteroatoms. The van der Waals surface area contributed by atoms with Crippen LogP contribution in [0, 0.1) is 6.92 Å². The molecule has 1 aromatic heterocycles. The van der Waals surface area contributed by atoms with Gasteiger partial charge in [0.2, 0.25) is 0 Å². The van der Waals surface area contributed by atoms with Crippen molar-refractivity contribution in [2.45, 2.75) is 32.9 Å². The average Bonchev–Trinajstić information content (AvgIpc) is 2.74. The molecule has 0 spiro atoms. The topological polar surface area (TPSA) is 38.1 Å². The minimum absolute atomic E-state index is 0.199. The number of halogens is 2. The molecule has 1 unspecified atom stereocenters. The molecule has 0 aliphatic rings. The van der Waals surface area contributed by atoms with Crippen LogP contribution in [0.15, 0.2) is 33.3 Å². The molecule has 3 nitrogen and oxygen atoms in total. The first-order valence-corrected chi connectivity index (χ1v) is 7.67. The molecule has 0 bridgehead atoms. The quantitative estimate of drug-likeness (QED) is 0.848. The predicted molar refractivity (Wildman–Crippen MR) is 83.3 cm³/mol. The lowest BCUT2D eigenvalue weighted by Gasteiger charge is -2.17. The molecule has 0 radical (unpaired) electrons. The molecule has 0 fully saturated rings. The monoisotopic (exact) mass is 386 g/mol. The van der Waals surface area contributed by atoms with Crippen LogP contribution in [-0.2, 0) is 0 Å². The minimum Gasteiger partial charge on any atom is -0.382 e. The van der Waals surface area contributed by atoms with Crippen molar-refractivity contribution in [2.75, 3.05) is 0 Å². The fraction of sp³-hybridized carbons (Fsp3) is 0.357. The number of benzene rings is 1. The Morgan fingerprint density at radius 2 is 1.89 bits per heavy atom. The van der Waals surface area contributed by atoms with Gasteiger partial charge in [-0.15, -0.1) is 0 Å². The first kappa shape index (κ1) is 14.8. The second kappa shape index (κ2) is 5.77. The van der Waals surface area contributed by atoms with Crippen molar-refractivity contribution in [3.8, 4) is 0 Å². The van der Waals surface area contributed by atoms with Crippen LogP contribution in [0.4, 0.5) is 0 Å². The molecule has 0 aliphatic heterocycles. The summed E-state index contributed by atoms with van der Waals surface area (Å²) in [6, 6.07) is 6.08. The molecule has 19 heavy (non-hydrogen) atoms. The largest absolute Gasteiger partial charge is 0.382 e. The van der Waals surface area contributed by atoms with E-state index in [4.69, 9.17) is 0 Å². The Hall–Kier alpha value is -0.650. The molecule has 0 saturated carbocycles. The fourth-order valence-electron chi connectivity index (χ4n) is 1.96. The molecule has 2 aromatic rings. The van der Waals surface area contributed by atoms with Crippen molar-refractivity contribution in [3.63, 3.8) is 0 Å². The summed E-state index contributed by atoms with van der Waals surface area (Å²) in [6.45, 7) is 6.11. The Morgan fingerprint density at radius 1 is 1.21 bits per heavy atom. The molecule has 1 aromatic carbocycles. The molecule has 1 N–H and O–H groups in total. The van der Waals surface area contributed by atoms with Gasteiger partial charge in [-0.1, -0.05) is 28.1 Å². The van der Waals surface area contributed by atoms with Crippen LogP contribution in [0.3, 0.4) is 0 Å². The van der Waals surface area contributed by atoms with Crippen molar-refractivity contribution in [1.29, 1.82) is 0 Å². The van der Waals surface area contributed by atoms with Gasteiger partial charge in [-0.25, -0.2) is 0 Å². The normalized spacial score (nSPS) is 13.0. The smallest absolute Gasteiger partial charge is 0.122 e. The van der Waals surface area contributed by atoms with Crippen LogP contribution < -0.4 is 0 Å². The van der Waals surface area contributed by atoms with E-state index >= 15 is 0 Å². The van der Waals surface area contributed by atoms with Gasteiger partial charge in [0.25, 0.3) is 0 Å². The van der Waals surface area contributed by atoms with Gasteiger partial charge < -0.3 is 5.11 Å². The number of aryl methyl sites for hydroxylation is 1. The van der Waals surface area contributed by atoms with Crippen LogP contribution in [0.2, 0.25) is 0 Å². The van der Waals surface area contributed by atoms with E-state index in [0.29, 0.717) is 0 Å². The Labute approximate surface area is 129 Å². The summed E-state index contributed by atoms with van der Waals surface area (Å²) in [6.07, 6.45) is 1.03. The lowest BCUT2D eigenvalue weighted by atomic mass is 10.0. The molecule has 0 aliphatic carbocycles. The maximum Gasteiger partial charge on any atom is 0.122 e. The van der Waals surface area contributed by atoms with Crippen molar-refractivity contribution >= 4 is 31.9 Å². The van der Waals surface area contributed by atoms with Crippen molar-refractivity contribution < 1.29 is 5.11 Å². The zero-order valence-electron chi connectivity index (χ0n) is 11.1. The average molecular weight is 388 g/mol. The highest BCUT2D eigenvalue weighted by molar-refractivity contribution is 9.10. The molecular weight excluding hydrogens is 372 g/mol. The van der Waals surface area contributed by atoms with E-state index < -0.39 is 6.10 Å². The Bertz CT molecular complexity index is 593. The van der Waals surface area contributed by atoms with Crippen LogP contribution in [-0.4, -0.2) is 14.9 Å². The van der Waals surface area contributed by atoms with Gasteiger partial charge in [0.1, 0.15) is 6.10 Å². The highest BCUT2D eigenvalue weighted by atomic mass is 79.9. The highest BCUT2D eigenvalue weighted by Crippen LogP contribution is 2.32. The minimum atomic E-state index is -0.698. The highest BCUT2D eigenvalue weighted by Gasteiger charge is 2.21. The summed E-state index contributed by atoms with van der Waals surface area (Å²) in [4.78, 5) is 0. The number of nitrogens with zero attached hydrogens (tertiary/aromatic N) is 2. The summed E-state index contributed by atoms with van der Waals surface area (Å²) in [5.74, 6) is 0. The number of aliphatic hydroxyl groups is 1. The maximum atomic E-state index is 10.6. The zero-order chi connectivity index (χ0) is 14.2. The lowest BCUT2D eigenvalue weighted by Crippen LogP contribution is -2.12. The maximum absolute atomic E-state index is 10.6. The number of hydrogen-bond acceptors (Lipinski definition) is 2. The second-order valence-corrected chi connectivity index (χ2v) is 6.54. The van der Waals surface area contributed by atoms with Gasteiger partial charge in [-0.2, -0.15) is 5.10 Å². The number of rotatable bonds is 3. The first-order valence-electron chi connectivity index (χ1n) is 6.08. The third kappa shape index (κ3) is 2.93. The van der Waals surface area contributed by atoms with Gasteiger partial charge in [0.05, 0.1) is 16.4 Å². The van der Waals surface area contributed by atoms with Crippen molar-refractivity contribution in [1.82, 2.24) is 9.78 Å². The summed E-state index contributed by atoms with van der Waals surface area (Å²) in [5, 5.41) is 14.9. The van der Waals surface area contributed by atoms with E-state index in [9.17, 15) is 5.11 Å². The molecule has 2 rings (SSSR count). The van der Waals surface area contributed by atoms with Gasteiger partial charge in [-0.3, -0.25) is 4.68 Å². The zero-order valence-corrected chi connectivity index (χ0v) is 14.2.